The normalized spacial score (nSPS) is 25.5. The van der Waals surface area contributed by atoms with E-state index in [2.05, 4.69) is 4.90 Å². The summed E-state index contributed by atoms with van der Waals surface area (Å²) in [6, 6.07) is 10.4. The zero-order valence-electron chi connectivity index (χ0n) is 14.2. The maximum absolute atomic E-state index is 12.9. The van der Waals surface area contributed by atoms with E-state index in [1.54, 1.807) is 0 Å². The van der Waals surface area contributed by atoms with Gasteiger partial charge in [0.15, 0.2) is 0 Å². The number of nitrogens with zero attached hydrogens (tertiary/aromatic N) is 3. The fraction of sp³-hybridized carbons (Fsp3) is 0.526. The van der Waals surface area contributed by atoms with Crippen LogP contribution in [0.2, 0.25) is 0 Å². The summed E-state index contributed by atoms with van der Waals surface area (Å²) < 4.78 is 1.99. The summed E-state index contributed by atoms with van der Waals surface area (Å²) in [6.45, 7) is 3.20. The number of aliphatic hydroxyl groups is 1. The van der Waals surface area contributed by atoms with Crippen LogP contribution in [0.4, 0.5) is 0 Å². The molecule has 1 aliphatic heterocycles. The van der Waals surface area contributed by atoms with Gasteiger partial charge in [0.2, 0.25) is 0 Å². The van der Waals surface area contributed by atoms with Crippen molar-refractivity contribution in [3.63, 3.8) is 0 Å². The largest absolute Gasteiger partial charge is 0.391 e. The van der Waals surface area contributed by atoms with Gasteiger partial charge in [-0.05, 0) is 31.4 Å². The smallest absolute Gasteiger partial charge is 0.270 e. The van der Waals surface area contributed by atoms with Gasteiger partial charge in [-0.15, -0.1) is 0 Å². The van der Waals surface area contributed by atoms with Crippen LogP contribution in [0.15, 0.2) is 30.3 Å². The van der Waals surface area contributed by atoms with E-state index >= 15 is 0 Å². The van der Waals surface area contributed by atoms with Gasteiger partial charge in [-0.1, -0.05) is 18.2 Å². The lowest BCUT2D eigenvalue weighted by atomic mass is 10.1. The van der Waals surface area contributed by atoms with Crippen LogP contribution in [0.5, 0.6) is 0 Å². The van der Waals surface area contributed by atoms with Crippen LogP contribution in [0.3, 0.4) is 0 Å². The van der Waals surface area contributed by atoms with Crippen molar-refractivity contribution in [2.75, 3.05) is 26.2 Å². The molecule has 2 atom stereocenters. The van der Waals surface area contributed by atoms with E-state index in [1.807, 2.05) is 46.8 Å². The predicted octanol–water partition coefficient (Wildman–Crippen LogP) is 1.85. The van der Waals surface area contributed by atoms with E-state index in [-0.39, 0.29) is 12.0 Å². The molecule has 1 aliphatic carbocycles. The number of aliphatic hydroxyl groups excluding tert-OH is 1. The fourth-order valence-corrected chi connectivity index (χ4v) is 4.26. The number of aromatic nitrogens is 1. The first-order valence-corrected chi connectivity index (χ1v) is 8.91. The van der Waals surface area contributed by atoms with Crippen molar-refractivity contribution in [3.8, 4) is 0 Å². The highest BCUT2D eigenvalue weighted by atomic mass is 16.3. The third-order valence-electron chi connectivity index (χ3n) is 5.69. The first kappa shape index (κ1) is 15.7. The maximum Gasteiger partial charge on any atom is 0.270 e. The number of benzene rings is 1. The molecular formula is C19H25N3O2. The molecule has 1 aromatic heterocycles. The number of carbonyl (C=O) groups is 1. The number of fused-ring (bicyclic) bond motifs is 1. The van der Waals surface area contributed by atoms with Gasteiger partial charge in [0.25, 0.3) is 5.91 Å². The Balaban J connectivity index is 1.47. The Morgan fingerprint density at radius 3 is 2.54 bits per heavy atom. The number of rotatable bonds is 2. The van der Waals surface area contributed by atoms with Gasteiger partial charge >= 0.3 is 0 Å². The molecule has 1 N–H and O–H groups in total. The van der Waals surface area contributed by atoms with E-state index in [1.165, 1.54) is 0 Å². The van der Waals surface area contributed by atoms with Crippen molar-refractivity contribution in [1.29, 1.82) is 0 Å². The van der Waals surface area contributed by atoms with Crippen LogP contribution >= 0.6 is 0 Å². The van der Waals surface area contributed by atoms with Crippen molar-refractivity contribution >= 4 is 16.8 Å². The summed E-state index contributed by atoms with van der Waals surface area (Å²) in [4.78, 5) is 17.2. The van der Waals surface area contributed by atoms with E-state index in [0.717, 1.165) is 62.0 Å². The quantitative estimate of drug-likeness (QED) is 0.916. The highest BCUT2D eigenvalue weighted by Crippen LogP contribution is 2.26. The van der Waals surface area contributed by atoms with Gasteiger partial charge < -0.3 is 14.6 Å². The second-order valence-corrected chi connectivity index (χ2v) is 7.04. The number of hydrogen-bond donors (Lipinski definition) is 1. The first-order chi connectivity index (χ1) is 11.6. The molecule has 0 unspecified atom stereocenters. The van der Waals surface area contributed by atoms with Gasteiger partial charge in [-0.2, -0.15) is 0 Å². The molecule has 2 fully saturated rings. The summed E-state index contributed by atoms with van der Waals surface area (Å²) in [5.41, 5.74) is 1.85. The van der Waals surface area contributed by atoms with E-state index in [0.29, 0.717) is 6.04 Å². The molecule has 5 nitrogen and oxygen atoms in total. The van der Waals surface area contributed by atoms with Crippen LogP contribution in [0.25, 0.3) is 10.9 Å². The van der Waals surface area contributed by atoms with E-state index < -0.39 is 0 Å². The van der Waals surface area contributed by atoms with Crippen LogP contribution < -0.4 is 0 Å². The Morgan fingerprint density at radius 1 is 1.12 bits per heavy atom. The maximum atomic E-state index is 12.9. The van der Waals surface area contributed by atoms with Crippen molar-refractivity contribution < 1.29 is 9.90 Å². The van der Waals surface area contributed by atoms with Gasteiger partial charge in [0, 0.05) is 50.2 Å². The molecule has 0 radical (unpaired) electrons. The Morgan fingerprint density at radius 2 is 1.88 bits per heavy atom. The Kier molecular flexibility index (Phi) is 4.06. The highest BCUT2D eigenvalue weighted by Gasteiger charge is 2.33. The lowest BCUT2D eigenvalue weighted by Gasteiger charge is -2.39. The first-order valence-electron chi connectivity index (χ1n) is 8.91. The summed E-state index contributed by atoms with van der Waals surface area (Å²) in [7, 11) is 1.96. The molecule has 0 bridgehead atoms. The van der Waals surface area contributed by atoms with E-state index in [4.69, 9.17) is 0 Å². The minimum atomic E-state index is -0.189. The van der Waals surface area contributed by atoms with Crippen LogP contribution in [0, 0.1) is 0 Å². The molecule has 24 heavy (non-hydrogen) atoms. The van der Waals surface area contributed by atoms with Crippen molar-refractivity contribution in [2.24, 2.45) is 7.05 Å². The molecule has 1 saturated carbocycles. The lowest BCUT2D eigenvalue weighted by Crippen LogP contribution is -2.53. The minimum absolute atomic E-state index is 0.111. The number of amides is 1. The molecule has 1 aromatic carbocycles. The second-order valence-electron chi connectivity index (χ2n) is 7.04. The molecule has 4 rings (SSSR count). The average molecular weight is 327 g/mol. The number of carbonyl (C=O) groups excluding carboxylic acids is 1. The van der Waals surface area contributed by atoms with Crippen molar-refractivity contribution in [3.05, 3.63) is 36.0 Å². The van der Waals surface area contributed by atoms with Crippen molar-refractivity contribution in [2.45, 2.75) is 31.4 Å². The number of para-hydroxylation sites is 1. The van der Waals surface area contributed by atoms with E-state index in [9.17, 15) is 9.90 Å². The molecule has 1 saturated heterocycles. The molecule has 128 valence electrons. The second kappa shape index (κ2) is 6.22. The highest BCUT2D eigenvalue weighted by molar-refractivity contribution is 5.98. The Bertz CT molecular complexity index is 746. The monoisotopic (exact) mass is 327 g/mol. The molecule has 5 heteroatoms. The van der Waals surface area contributed by atoms with Gasteiger partial charge in [0.1, 0.15) is 5.69 Å². The topological polar surface area (TPSA) is 48.7 Å². The third kappa shape index (κ3) is 2.62. The lowest BCUT2D eigenvalue weighted by molar-refractivity contribution is 0.0311. The fourth-order valence-electron chi connectivity index (χ4n) is 4.26. The molecule has 2 aliphatic rings. The van der Waals surface area contributed by atoms with Crippen LogP contribution in [-0.2, 0) is 7.05 Å². The van der Waals surface area contributed by atoms with Gasteiger partial charge in [0.05, 0.1) is 6.10 Å². The number of aryl methyl sites for hydroxylation is 1. The molecule has 1 amide bonds. The van der Waals surface area contributed by atoms with Crippen LogP contribution in [-0.4, -0.2) is 63.7 Å². The zero-order valence-corrected chi connectivity index (χ0v) is 14.2. The summed E-state index contributed by atoms with van der Waals surface area (Å²) in [5.74, 6) is 0.111. The predicted molar refractivity (Wildman–Crippen MR) is 94.0 cm³/mol. The van der Waals surface area contributed by atoms with Gasteiger partial charge in [-0.3, -0.25) is 9.69 Å². The molecule has 0 spiro atoms. The van der Waals surface area contributed by atoms with Crippen molar-refractivity contribution in [1.82, 2.24) is 14.4 Å². The zero-order chi connectivity index (χ0) is 16.7. The third-order valence-corrected chi connectivity index (χ3v) is 5.69. The summed E-state index contributed by atoms with van der Waals surface area (Å²) in [5, 5.41) is 11.2. The summed E-state index contributed by atoms with van der Waals surface area (Å²) >= 11 is 0. The number of hydrogen-bond acceptors (Lipinski definition) is 3. The molecular weight excluding hydrogens is 302 g/mol. The Labute approximate surface area is 142 Å². The summed E-state index contributed by atoms with van der Waals surface area (Å²) in [6.07, 6.45) is 2.92. The molecule has 2 aromatic rings. The SMILES string of the molecule is Cn1c(C(=O)N2CCN([C@@H]3CCC[C@@H]3O)CC2)cc2ccccc21. The number of piperazine rings is 1. The molecule has 2 heterocycles. The minimum Gasteiger partial charge on any atom is -0.391 e. The Hall–Kier alpha value is -1.85. The average Bonchev–Trinajstić information content (AvgIpc) is 3.18. The van der Waals surface area contributed by atoms with Crippen LogP contribution in [0.1, 0.15) is 29.8 Å². The van der Waals surface area contributed by atoms with Gasteiger partial charge in [-0.25, -0.2) is 0 Å². The standard InChI is InChI=1S/C19H25N3O2/c1-20-15-6-3-2-5-14(15)13-17(20)19(24)22-11-9-21(10-12-22)16-7-4-8-18(16)23/h2-3,5-6,13,16,18,23H,4,7-12H2,1H3/t16-,18+/m1/s1.